The van der Waals surface area contributed by atoms with E-state index in [-0.39, 0.29) is 37.3 Å². The van der Waals surface area contributed by atoms with Crippen molar-refractivity contribution in [2.45, 2.75) is 25.3 Å². The van der Waals surface area contributed by atoms with Crippen LogP contribution in [0.2, 0.25) is 0 Å². The van der Waals surface area contributed by atoms with E-state index in [0.717, 1.165) is 5.75 Å². The number of carbonyl (C=O) groups is 2. The van der Waals surface area contributed by atoms with Gasteiger partial charge in [0.2, 0.25) is 11.8 Å². The number of nitrogens with two attached hydrogens (primary N) is 1. The first-order chi connectivity index (χ1) is 9.16. The zero-order valence-electron chi connectivity index (χ0n) is 10.7. The Morgan fingerprint density at radius 2 is 2.11 bits per heavy atom. The maximum Gasteiger partial charge on any atom is 0.232 e. The molecular weight excluding hydrogens is 244 g/mol. The summed E-state index contributed by atoms with van der Waals surface area (Å²) in [6.07, 6.45) is 1.14. The summed E-state index contributed by atoms with van der Waals surface area (Å²) in [6, 6.07) is 9.18. The van der Waals surface area contributed by atoms with Crippen LogP contribution in [0.25, 0.3) is 0 Å². The van der Waals surface area contributed by atoms with Crippen molar-refractivity contribution >= 4 is 11.8 Å². The van der Waals surface area contributed by atoms with Crippen molar-refractivity contribution in [2.75, 3.05) is 13.2 Å². The van der Waals surface area contributed by atoms with Crippen molar-refractivity contribution in [1.29, 1.82) is 0 Å². The summed E-state index contributed by atoms with van der Waals surface area (Å²) in [6.45, 7) is 0.697. The van der Waals surface area contributed by atoms with E-state index in [2.05, 4.69) is 0 Å². The minimum Gasteiger partial charge on any atom is -0.493 e. The van der Waals surface area contributed by atoms with E-state index in [9.17, 15) is 9.59 Å². The fourth-order valence-electron chi connectivity index (χ4n) is 2.03. The lowest BCUT2D eigenvalue weighted by atomic mass is 10.1. The molecule has 5 heteroatoms. The molecule has 2 rings (SSSR count). The third-order valence-corrected chi connectivity index (χ3v) is 3.09. The van der Waals surface area contributed by atoms with Gasteiger partial charge in [0.25, 0.3) is 0 Å². The fourth-order valence-corrected chi connectivity index (χ4v) is 2.03. The summed E-state index contributed by atoms with van der Waals surface area (Å²) in [5.74, 6) is 0.360. The maximum atomic E-state index is 11.9. The van der Waals surface area contributed by atoms with Crippen LogP contribution in [0.4, 0.5) is 0 Å². The summed E-state index contributed by atoms with van der Waals surface area (Å²) in [5, 5.41) is 0. The van der Waals surface area contributed by atoms with Crippen molar-refractivity contribution in [3.05, 3.63) is 30.3 Å². The third kappa shape index (κ3) is 3.79. The molecule has 0 spiro atoms. The van der Waals surface area contributed by atoms with Crippen LogP contribution in [-0.4, -0.2) is 35.9 Å². The molecule has 1 atom stereocenters. The Labute approximate surface area is 112 Å². The average Bonchev–Trinajstić information content (AvgIpc) is 2.39. The Hall–Kier alpha value is -1.88. The van der Waals surface area contributed by atoms with Crippen LogP contribution in [-0.2, 0) is 9.59 Å². The number of imide groups is 1. The maximum absolute atomic E-state index is 11.9. The smallest absolute Gasteiger partial charge is 0.232 e. The standard InChI is InChI=1S/C14H18N2O3/c15-11-6-8-16(14(18)10-11)13(17)7-9-19-12-4-2-1-3-5-12/h1-5,11H,6-10,15H2. The number of nitrogens with zero attached hydrogens (tertiary/aromatic N) is 1. The summed E-state index contributed by atoms with van der Waals surface area (Å²) in [5.41, 5.74) is 5.68. The normalized spacial score (nSPS) is 19.3. The van der Waals surface area contributed by atoms with Gasteiger partial charge in [-0.25, -0.2) is 0 Å². The Bertz CT molecular complexity index is 447. The number of carbonyl (C=O) groups excluding carboxylic acids is 2. The SMILES string of the molecule is NC1CCN(C(=O)CCOc2ccccc2)C(=O)C1. The van der Waals surface area contributed by atoms with Crippen molar-refractivity contribution in [3.63, 3.8) is 0 Å². The first kappa shape index (κ1) is 13.5. The molecule has 0 radical (unpaired) electrons. The number of ether oxygens (including phenoxy) is 1. The summed E-state index contributed by atoms with van der Waals surface area (Å²) in [4.78, 5) is 24.8. The summed E-state index contributed by atoms with van der Waals surface area (Å²) in [7, 11) is 0. The Morgan fingerprint density at radius 1 is 1.37 bits per heavy atom. The monoisotopic (exact) mass is 262 g/mol. The highest BCUT2D eigenvalue weighted by atomic mass is 16.5. The molecule has 1 saturated heterocycles. The predicted molar refractivity (Wildman–Crippen MR) is 70.5 cm³/mol. The van der Waals surface area contributed by atoms with Gasteiger partial charge >= 0.3 is 0 Å². The van der Waals surface area contributed by atoms with Crippen LogP contribution in [0.1, 0.15) is 19.3 Å². The molecule has 5 nitrogen and oxygen atoms in total. The first-order valence-corrected chi connectivity index (χ1v) is 6.43. The van der Waals surface area contributed by atoms with E-state index in [1.165, 1.54) is 4.90 Å². The highest BCUT2D eigenvalue weighted by Crippen LogP contribution is 2.12. The van der Waals surface area contributed by atoms with E-state index in [4.69, 9.17) is 10.5 Å². The van der Waals surface area contributed by atoms with Gasteiger partial charge in [-0.2, -0.15) is 0 Å². The first-order valence-electron chi connectivity index (χ1n) is 6.43. The molecule has 2 amide bonds. The van der Waals surface area contributed by atoms with Gasteiger partial charge in [-0.3, -0.25) is 14.5 Å². The van der Waals surface area contributed by atoms with Crippen LogP contribution < -0.4 is 10.5 Å². The number of rotatable bonds is 4. The summed E-state index contributed by atoms with van der Waals surface area (Å²) < 4.78 is 5.44. The van der Waals surface area contributed by atoms with E-state index in [0.29, 0.717) is 13.0 Å². The molecule has 1 aromatic carbocycles. The third-order valence-electron chi connectivity index (χ3n) is 3.09. The van der Waals surface area contributed by atoms with Crippen LogP contribution in [0.5, 0.6) is 5.75 Å². The van der Waals surface area contributed by atoms with Crippen LogP contribution in [0.3, 0.4) is 0 Å². The molecule has 1 aromatic rings. The molecule has 0 aliphatic carbocycles. The molecule has 0 bridgehead atoms. The Balaban J connectivity index is 1.77. The quantitative estimate of drug-likeness (QED) is 0.876. The second-order valence-corrected chi connectivity index (χ2v) is 4.60. The molecule has 1 aliphatic rings. The average molecular weight is 262 g/mol. The molecule has 0 saturated carbocycles. The van der Waals surface area contributed by atoms with Gasteiger partial charge in [-0.1, -0.05) is 18.2 Å². The molecule has 19 heavy (non-hydrogen) atoms. The van der Waals surface area contributed by atoms with Crippen molar-refractivity contribution in [1.82, 2.24) is 4.90 Å². The van der Waals surface area contributed by atoms with Gasteiger partial charge in [-0.15, -0.1) is 0 Å². The number of amides is 2. The minimum atomic E-state index is -0.187. The number of piperidine rings is 1. The van der Waals surface area contributed by atoms with Gasteiger partial charge < -0.3 is 10.5 Å². The molecule has 1 aliphatic heterocycles. The van der Waals surface area contributed by atoms with E-state index in [1.54, 1.807) is 0 Å². The topological polar surface area (TPSA) is 72.6 Å². The van der Waals surface area contributed by atoms with E-state index in [1.807, 2.05) is 30.3 Å². The van der Waals surface area contributed by atoms with Crippen LogP contribution in [0.15, 0.2) is 30.3 Å². The second-order valence-electron chi connectivity index (χ2n) is 4.60. The zero-order chi connectivity index (χ0) is 13.7. The molecule has 1 fully saturated rings. The van der Waals surface area contributed by atoms with E-state index >= 15 is 0 Å². The second kappa shape index (κ2) is 6.33. The number of likely N-dealkylation sites (tertiary alicyclic amines) is 1. The van der Waals surface area contributed by atoms with E-state index < -0.39 is 0 Å². The molecule has 0 aromatic heterocycles. The van der Waals surface area contributed by atoms with Gasteiger partial charge in [-0.05, 0) is 18.6 Å². The van der Waals surface area contributed by atoms with Crippen molar-refractivity contribution < 1.29 is 14.3 Å². The molecule has 1 unspecified atom stereocenters. The van der Waals surface area contributed by atoms with Crippen molar-refractivity contribution in [2.24, 2.45) is 5.73 Å². The van der Waals surface area contributed by atoms with Gasteiger partial charge in [0.1, 0.15) is 5.75 Å². The van der Waals surface area contributed by atoms with Crippen molar-refractivity contribution in [3.8, 4) is 5.75 Å². The van der Waals surface area contributed by atoms with Gasteiger partial charge in [0.05, 0.1) is 13.0 Å². The minimum absolute atomic E-state index is 0.114. The lowest BCUT2D eigenvalue weighted by Crippen LogP contribution is -2.47. The largest absolute Gasteiger partial charge is 0.493 e. The lowest BCUT2D eigenvalue weighted by Gasteiger charge is -2.28. The molecule has 2 N–H and O–H groups in total. The molecule has 1 heterocycles. The molecule has 102 valence electrons. The van der Waals surface area contributed by atoms with Crippen LogP contribution >= 0.6 is 0 Å². The highest BCUT2D eigenvalue weighted by molar-refractivity contribution is 5.96. The zero-order valence-corrected chi connectivity index (χ0v) is 10.7. The summed E-state index contributed by atoms with van der Waals surface area (Å²) >= 11 is 0. The van der Waals surface area contributed by atoms with Crippen LogP contribution in [0, 0.1) is 0 Å². The lowest BCUT2D eigenvalue weighted by molar-refractivity contribution is -0.147. The Kier molecular flexibility index (Phi) is 4.52. The fraction of sp³-hybridized carbons (Fsp3) is 0.429. The van der Waals surface area contributed by atoms with Gasteiger partial charge in [0.15, 0.2) is 0 Å². The Morgan fingerprint density at radius 3 is 2.79 bits per heavy atom. The number of para-hydroxylation sites is 1. The molecular formula is C14H18N2O3. The number of benzene rings is 1. The predicted octanol–water partition coefficient (Wildman–Crippen LogP) is 0.932. The van der Waals surface area contributed by atoms with Gasteiger partial charge in [0, 0.05) is 19.0 Å². The number of hydrogen-bond acceptors (Lipinski definition) is 4. The number of hydrogen-bond donors (Lipinski definition) is 1. The highest BCUT2D eigenvalue weighted by Gasteiger charge is 2.27.